The molecule has 0 aliphatic carbocycles. The number of likely N-dealkylation sites (N-methyl/N-ethyl adjacent to an activating group) is 1. The van der Waals surface area contributed by atoms with Gasteiger partial charge in [-0.1, -0.05) is 0 Å². The van der Waals surface area contributed by atoms with Crippen LogP contribution in [-0.4, -0.2) is 22.9 Å². The topological polar surface area (TPSA) is 88.0 Å². The van der Waals surface area contributed by atoms with Crippen LogP contribution in [0.1, 0.15) is 19.5 Å². The van der Waals surface area contributed by atoms with Crippen LogP contribution in [0.2, 0.25) is 0 Å². The Morgan fingerprint density at radius 2 is 2.05 bits per heavy atom. The molecule has 2 aromatic rings. The van der Waals surface area contributed by atoms with Crippen LogP contribution in [0.25, 0.3) is 10.9 Å². The van der Waals surface area contributed by atoms with Crippen molar-refractivity contribution in [2.45, 2.75) is 19.3 Å². The van der Waals surface area contributed by atoms with Gasteiger partial charge in [0.25, 0.3) is 5.69 Å². The molecule has 0 spiro atoms. The lowest BCUT2D eigenvalue weighted by Gasteiger charge is -2.20. The molecule has 0 atom stereocenters. The lowest BCUT2D eigenvalue weighted by molar-refractivity contribution is -0.384. The second-order valence-electron chi connectivity index (χ2n) is 4.92. The molecule has 2 N–H and O–H groups in total. The predicted octanol–water partition coefficient (Wildman–Crippen LogP) is 2.10. The maximum Gasteiger partial charge on any atom is 0.270 e. The smallest absolute Gasteiger partial charge is 0.270 e. The number of carbonyl (C=O) groups excluding carboxylic acids is 1. The Bertz CT molecular complexity index is 658. The number of nitro benzene ring substituents is 1. The SMILES string of the molecule is CNC(=O)C(C)(C)c1cc2cc([N+](=O)[O-])ccc2[nH]1. The second-order valence-corrected chi connectivity index (χ2v) is 4.92. The molecule has 6 nitrogen and oxygen atoms in total. The van der Waals surface area contributed by atoms with Crippen LogP contribution in [0.3, 0.4) is 0 Å². The number of rotatable bonds is 3. The maximum absolute atomic E-state index is 11.8. The van der Waals surface area contributed by atoms with Gasteiger partial charge in [-0.25, -0.2) is 0 Å². The number of nitrogens with one attached hydrogen (secondary N) is 2. The molecule has 1 amide bonds. The molecular weight excluding hydrogens is 246 g/mol. The van der Waals surface area contributed by atoms with E-state index in [0.29, 0.717) is 0 Å². The van der Waals surface area contributed by atoms with E-state index in [9.17, 15) is 14.9 Å². The number of fused-ring (bicyclic) bond motifs is 1. The highest BCUT2D eigenvalue weighted by molar-refractivity contribution is 5.90. The lowest BCUT2D eigenvalue weighted by Crippen LogP contribution is -2.38. The summed E-state index contributed by atoms with van der Waals surface area (Å²) < 4.78 is 0. The highest BCUT2D eigenvalue weighted by Gasteiger charge is 2.30. The zero-order chi connectivity index (χ0) is 14.2. The Morgan fingerprint density at radius 3 is 2.63 bits per heavy atom. The number of aromatic amines is 1. The number of non-ortho nitro benzene ring substituents is 1. The Hall–Kier alpha value is -2.37. The van der Waals surface area contributed by atoms with E-state index in [1.165, 1.54) is 12.1 Å². The molecule has 0 saturated carbocycles. The summed E-state index contributed by atoms with van der Waals surface area (Å²) in [6, 6.07) is 6.36. The molecule has 100 valence electrons. The molecule has 19 heavy (non-hydrogen) atoms. The number of H-pyrrole nitrogens is 1. The highest BCUT2D eigenvalue weighted by atomic mass is 16.6. The van der Waals surface area contributed by atoms with E-state index >= 15 is 0 Å². The molecular formula is C13H15N3O3. The Kier molecular flexibility index (Phi) is 3.01. The monoisotopic (exact) mass is 261 g/mol. The van der Waals surface area contributed by atoms with Crippen LogP contribution in [0.15, 0.2) is 24.3 Å². The van der Waals surface area contributed by atoms with Crippen LogP contribution in [0, 0.1) is 10.1 Å². The minimum Gasteiger partial charge on any atom is -0.358 e. The molecule has 1 heterocycles. The van der Waals surface area contributed by atoms with Crippen LogP contribution in [-0.2, 0) is 10.2 Å². The highest BCUT2D eigenvalue weighted by Crippen LogP contribution is 2.28. The van der Waals surface area contributed by atoms with Gasteiger partial charge in [-0.2, -0.15) is 0 Å². The first-order valence-electron chi connectivity index (χ1n) is 5.86. The normalized spacial score (nSPS) is 11.5. The molecule has 0 unspecified atom stereocenters. The number of amides is 1. The predicted molar refractivity (Wildman–Crippen MR) is 72.0 cm³/mol. The third-order valence-corrected chi connectivity index (χ3v) is 3.28. The minimum atomic E-state index is -0.720. The molecule has 1 aromatic carbocycles. The van der Waals surface area contributed by atoms with Crippen LogP contribution in [0.5, 0.6) is 0 Å². The number of hydrogen-bond acceptors (Lipinski definition) is 3. The van der Waals surface area contributed by atoms with Crippen molar-refractivity contribution < 1.29 is 9.72 Å². The summed E-state index contributed by atoms with van der Waals surface area (Å²) in [5.41, 5.74) is 0.818. The van der Waals surface area contributed by atoms with E-state index in [2.05, 4.69) is 10.3 Å². The van der Waals surface area contributed by atoms with Gasteiger partial charge in [-0.3, -0.25) is 14.9 Å². The molecule has 1 aromatic heterocycles. The first-order valence-corrected chi connectivity index (χ1v) is 5.86. The van der Waals surface area contributed by atoms with Gasteiger partial charge in [0.2, 0.25) is 5.91 Å². The first kappa shape index (κ1) is 13.1. The summed E-state index contributed by atoms with van der Waals surface area (Å²) in [5, 5.41) is 14.1. The summed E-state index contributed by atoms with van der Waals surface area (Å²) in [6.07, 6.45) is 0. The van der Waals surface area contributed by atoms with Gasteiger partial charge in [0.1, 0.15) is 0 Å². The van der Waals surface area contributed by atoms with E-state index in [1.54, 1.807) is 33.0 Å². The van der Waals surface area contributed by atoms with Crippen molar-refractivity contribution in [3.63, 3.8) is 0 Å². The molecule has 2 rings (SSSR count). The van der Waals surface area contributed by atoms with E-state index in [1.807, 2.05) is 0 Å². The van der Waals surface area contributed by atoms with Crippen LogP contribution in [0.4, 0.5) is 5.69 Å². The van der Waals surface area contributed by atoms with Crippen LogP contribution < -0.4 is 5.32 Å². The zero-order valence-corrected chi connectivity index (χ0v) is 11.0. The van der Waals surface area contributed by atoms with Gasteiger partial charge >= 0.3 is 0 Å². The standard InChI is InChI=1S/C13H15N3O3/c1-13(2,12(17)14-3)11-7-8-6-9(16(18)19)4-5-10(8)15-11/h4-7,15H,1-3H3,(H,14,17). The molecule has 0 aliphatic heterocycles. The quantitative estimate of drug-likeness (QED) is 0.655. The first-order chi connectivity index (χ1) is 8.86. The summed E-state index contributed by atoms with van der Waals surface area (Å²) >= 11 is 0. The van der Waals surface area contributed by atoms with E-state index in [-0.39, 0.29) is 11.6 Å². The Labute approximate surface area is 110 Å². The average Bonchev–Trinajstić information content (AvgIpc) is 2.80. The molecule has 0 radical (unpaired) electrons. The molecule has 0 fully saturated rings. The second kappa shape index (κ2) is 4.38. The summed E-state index contributed by atoms with van der Waals surface area (Å²) in [5.74, 6) is -0.117. The van der Waals surface area contributed by atoms with Gasteiger partial charge in [0, 0.05) is 35.8 Å². The fourth-order valence-electron chi connectivity index (χ4n) is 2.01. The van der Waals surface area contributed by atoms with Gasteiger partial charge in [0.05, 0.1) is 10.3 Å². The number of carbonyl (C=O) groups is 1. The summed E-state index contributed by atoms with van der Waals surface area (Å²) in [4.78, 5) is 25.3. The third-order valence-electron chi connectivity index (χ3n) is 3.28. The summed E-state index contributed by atoms with van der Waals surface area (Å²) in [6.45, 7) is 3.59. The van der Waals surface area contributed by atoms with Gasteiger partial charge in [-0.15, -0.1) is 0 Å². The number of benzene rings is 1. The van der Waals surface area contributed by atoms with Crippen molar-refractivity contribution >= 4 is 22.5 Å². The van der Waals surface area contributed by atoms with Gasteiger partial charge in [0.15, 0.2) is 0 Å². The van der Waals surface area contributed by atoms with Gasteiger partial charge < -0.3 is 10.3 Å². The fourth-order valence-corrected chi connectivity index (χ4v) is 2.01. The van der Waals surface area contributed by atoms with Crippen molar-refractivity contribution in [1.82, 2.24) is 10.3 Å². The molecule has 0 aliphatic rings. The van der Waals surface area contributed by atoms with Crippen LogP contribution >= 0.6 is 0 Å². The Morgan fingerprint density at radius 1 is 1.37 bits per heavy atom. The lowest BCUT2D eigenvalue weighted by atomic mass is 9.88. The van der Waals surface area contributed by atoms with Crippen molar-refractivity contribution in [3.05, 3.63) is 40.1 Å². The summed E-state index contributed by atoms with van der Waals surface area (Å²) in [7, 11) is 1.58. The Balaban J connectivity index is 2.53. The molecule has 0 bridgehead atoms. The maximum atomic E-state index is 11.8. The molecule has 0 saturated heterocycles. The van der Waals surface area contributed by atoms with Crippen molar-refractivity contribution in [1.29, 1.82) is 0 Å². The van der Waals surface area contributed by atoms with Crippen molar-refractivity contribution in [2.75, 3.05) is 7.05 Å². The largest absolute Gasteiger partial charge is 0.358 e. The van der Waals surface area contributed by atoms with Crippen molar-refractivity contribution in [2.24, 2.45) is 0 Å². The van der Waals surface area contributed by atoms with Gasteiger partial charge in [-0.05, 0) is 26.0 Å². The number of aromatic nitrogens is 1. The van der Waals surface area contributed by atoms with Crippen molar-refractivity contribution in [3.8, 4) is 0 Å². The third kappa shape index (κ3) is 2.16. The zero-order valence-electron chi connectivity index (χ0n) is 11.0. The van der Waals surface area contributed by atoms with E-state index < -0.39 is 10.3 Å². The van der Waals surface area contributed by atoms with E-state index in [4.69, 9.17) is 0 Å². The number of nitro groups is 1. The number of nitrogens with zero attached hydrogens (tertiary/aromatic N) is 1. The molecule has 6 heteroatoms. The number of hydrogen-bond donors (Lipinski definition) is 2. The fraction of sp³-hybridized carbons (Fsp3) is 0.308. The minimum absolute atomic E-state index is 0.0378. The van der Waals surface area contributed by atoms with E-state index in [0.717, 1.165) is 16.6 Å². The average molecular weight is 261 g/mol.